The van der Waals surface area contributed by atoms with Gasteiger partial charge < -0.3 is 5.73 Å². The van der Waals surface area contributed by atoms with Crippen LogP contribution in [-0.2, 0) is 0 Å². The molecule has 5 heteroatoms. The summed E-state index contributed by atoms with van der Waals surface area (Å²) in [6, 6.07) is 1.91. The zero-order chi connectivity index (χ0) is 9.26. The van der Waals surface area contributed by atoms with Crippen LogP contribution in [0.15, 0.2) is 18.5 Å². The molecule has 66 valence electrons. The standard InChI is InChI=1S/C8H9N5/c1-5-2-3-10-4-6(5)7-11-8(9)13-12-7/h2-4H,1H3,(H3,9,11,12,13). The Morgan fingerprint density at radius 2 is 2.31 bits per heavy atom. The van der Waals surface area contributed by atoms with E-state index in [1.807, 2.05) is 13.0 Å². The van der Waals surface area contributed by atoms with Crippen molar-refractivity contribution in [2.75, 3.05) is 5.73 Å². The van der Waals surface area contributed by atoms with Gasteiger partial charge in [0.2, 0.25) is 5.95 Å². The molecule has 0 radical (unpaired) electrons. The Balaban J connectivity index is 2.52. The molecule has 0 aliphatic heterocycles. The van der Waals surface area contributed by atoms with Gasteiger partial charge in [0.15, 0.2) is 5.82 Å². The summed E-state index contributed by atoms with van der Waals surface area (Å²) in [5.74, 6) is 0.904. The number of hydrogen-bond acceptors (Lipinski definition) is 4. The van der Waals surface area contributed by atoms with Crippen LogP contribution in [-0.4, -0.2) is 20.2 Å². The quantitative estimate of drug-likeness (QED) is 0.670. The first-order valence-corrected chi connectivity index (χ1v) is 3.86. The minimum atomic E-state index is 0.248. The molecule has 0 saturated heterocycles. The van der Waals surface area contributed by atoms with Gasteiger partial charge in [-0.3, -0.25) is 10.1 Å². The summed E-state index contributed by atoms with van der Waals surface area (Å²) in [6.07, 6.45) is 3.47. The van der Waals surface area contributed by atoms with Crippen LogP contribution in [0.4, 0.5) is 5.95 Å². The Kier molecular flexibility index (Phi) is 1.70. The van der Waals surface area contributed by atoms with Crippen molar-refractivity contribution in [3.8, 4) is 11.4 Å². The fraction of sp³-hybridized carbons (Fsp3) is 0.125. The minimum Gasteiger partial charge on any atom is -0.366 e. The van der Waals surface area contributed by atoms with E-state index in [2.05, 4.69) is 20.2 Å². The maximum Gasteiger partial charge on any atom is 0.239 e. The average Bonchev–Trinajstić information content (AvgIpc) is 2.53. The van der Waals surface area contributed by atoms with E-state index in [9.17, 15) is 0 Å². The summed E-state index contributed by atoms with van der Waals surface area (Å²) < 4.78 is 0. The smallest absolute Gasteiger partial charge is 0.239 e. The van der Waals surface area contributed by atoms with Gasteiger partial charge in [-0.2, -0.15) is 4.98 Å². The number of H-pyrrole nitrogens is 1. The maximum absolute atomic E-state index is 5.39. The van der Waals surface area contributed by atoms with E-state index in [1.54, 1.807) is 12.4 Å². The predicted octanol–water partition coefficient (Wildman–Crippen LogP) is 0.757. The molecular weight excluding hydrogens is 166 g/mol. The van der Waals surface area contributed by atoms with Gasteiger partial charge in [0, 0.05) is 18.0 Å². The first-order chi connectivity index (χ1) is 6.27. The van der Waals surface area contributed by atoms with Crippen molar-refractivity contribution in [2.45, 2.75) is 6.92 Å². The third-order valence-corrected chi connectivity index (χ3v) is 1.80. The number of rotatable bonds is 1. The van der Waals surface area contributed by atoms with Gasteiger partial charge in [-0.15, -0.1) is 5.10 Å². The molecule has 0 aromatic carbocycles. The van der Waals surface area contributed by atoms with Crippen LogP contribution in [0.3, 0.4) is 0 Å². The van der Waals surface area contributed by atoms with Crippen molar-refractivity contribution in [3.05, 3.63) is 24.0 Å². The second-order valence-electron chi connectivity index (χ2n) is 2.73. The summed E-state index contributed by atoms with van der Waals surface area (Å²) in [6.45, 7) is 1.98. The monoisotopic (exact) mass is 175 g/mol. The number of pyridine rings is 1. The molecule has 2 heterocycles. The van der Waals surface area contributed by atoms with E-state index in [0.717, 1.165) is 11.1 Å². The molecule has 2 rings (SSSR count). The Morgan fingerprint density at radius 3 is 2.92 bits per heavy atom. The molecule has 0 atom stereocenters. The molecule has 2 aromatic rings. The second-order valence-corrected chi connectivity index (χ2v) is 2.73. The summed E-state index contributed by atoms with van der Waals surface area (Å²) in [7, 11) is 0. The molecule has 0 bridgehead atoms. The molecule has 0 fully saturated rings. The number of anilines is 1. The number of nitrogens with one attached hydrogen (secondary N) is 1. The van der Waals surface area contributed by atoms with Crippen LogP contribution in [0.2, 0.25) is 0 Å². The van der Waals surface area contributed by atoms with Crippen LogP contribution in [0.5, 0.6) is 0 Å². The van der Waals surface area contributed by atoms with Crippen molar-refractivity contribution in [1.29, 1.82) is 0 Å². The van der Waals surface area contributed by atoms with Gasteiger partial charge in [0.05, 0.1) is 0 Å². The third-order valence-electron chi connectivity index (χ3n) is 1.80. The minimum absolute atomic E-state index is 0.248. The molecule has 0 aliphatic carbocycles. The fourth-order valence-electron chi connectivity index (χ4n) is 1.11. The van der Waals surface area contributed by atoms with E-state index in [-0.39, 0.29) is 5.95 Å². The molecular formula is C8H9N5. The highest BCUT2D eigenvalue weighted by Crippen LogP contribution is 2.17. The Morgan fingerprint density at radius 1 is 1.46 bits per heavy atom. The molecule has 0 spiro atoms. The highest BCUT2D eigenvalue weighted by molar-refractivity contribution is 5.58. The van der Waals surface area contributed by atoms with Crippen molar-refractivity contribution >= 4 is 5.95 Å². The first kappa shape index (κ1) is 7.72. The van der Waals surface area contributed by atoms with Crippen molar-refractivity contribution in [1.82, 2.24) is 20.2 Å². The number of nitrogens with zero attached hydrogens (tertiary/aromatic N) is 3. The normalized spacial score (nSPS) is 10.2. The molecule has 0 aliphatic rings. The van der Waals surface area contributed by atoms with Crippen LogP contribution in [0.25, 0.3) is 11.4 Å². The number of nitrogens with two attached hydrogens (primary N) is 1. The summed E-state index contributed by atoms with van der Waals surface area (Å²) in [5.41, 5.74) is 7.40. The van der Waals surface area contributed by atoms with Crippen LogP contribution in [0, 0.1) is 6.92 Å². The van der Waals surface area contributed by atoms with E-state index in [4.69, 9.17) is 5.73 Å². The van der Waals surface area contributed by atoms with Gasteiger partial charge in [0.25, 0.3) is 0 Å². The fourth-order valence-corrected chi connectivity index (χ4v) is 1.11. The first-order valence-electron chi connectivity index (χ1n) is 3.86. The zero-order valence-electron chi connectivity index (χ0n) is 7.15. The molecule has 2 aromatic heterocycles. The summed E-state index contributed by atoms with van der Waals surface area (Å²) >= 11 is 0. The molecule has 5 nitrogen and oxygen atoms in total. The van der Waals surface area contributed by atoms with Crippen molar-refractivity contribution < 1.29 is 0 Å². The lowest BCUT2D eigenvalue weighted by atomic mass is 10.1. The van der Waals surface area contributed by atoms with Gasteiger partial charge in [0.1, 0.15) is 0 Å². The maximum atomic E-state index is 5.39. The molecule has 13 heavy (non-hydrogen) atoms. The van der Waals surface area contributed by atoms with Gasteiger partial charge in [-0.25, -0.2) is 0 Å². The van der Waals surface area contributed by atoms with Gasteiger partial charge in [-0.1, -0.05) is 0 Å². The van der Waals surface area contributed by atoms with E-state index in [1.165, 1.54) is 0 Å². The lowest BCUT2D eigenvalue weighted by Gasteiger charge is -1.98. The number of aromatic nitrogens is 4. The zero-order valence-corrected chi connectivity index (χ0v) is 7.15. The molecule has 3 N–H and O–H groups in total. The largest absolute Gasteiger partial charge is 0.366 e. The number of nitrogen functional groups attached to an aromatic ring is 1. The third kappa shape index (κ3) is 1.35. The average molecular weight is 175 g/mol. The Bertz CT molecular complexity index is 420. The lowest BCUT2D eigenvalue weighted by molar-refractivity contribution is 1.10. The van der Waals surface area contributed by atoms with Crippen molar-refractivity contribution in [2.24, 2.45) is 0 Å². The summed E-state index contributed by atoms with van der Waals surface area (Å²) in [5, 5.41) is 6.48. The topological polar surface area (TPSA) is 80.5 Å². The SMILES string of the molecule is Cc1ccncc1-c1nc(N)n[nH]1. The Labute approximate surface area is 75.0 Å². The van der Waals surface area contributed by atoms with E-state index < -0.39 is 0 Å². The second kappa shape index (κ2) is 2.85. The Hall–Kier alpha value is -1.91. The number of hydrogen-bond donors (Lipinski definition) is 2. The molecule has 0 unspecified atom stereocenters. The van der Waals surface area contributed by atoms with E-state index in [0.29, 0.717) is 5.82 Å². The predicted molar refractivity (Wildman–Crippen MR) is 48.8 cm³/mol. The van der Waals surface area contributed by atoms with Crippen molar-refractivity contribution in [3.63, 3.8) is 0 Å². The van der Waals surface area contributed by atoms with Crippen LogP contribution >= 0.6 is 0 Å². The molecule has 0 saturated carbocycles. The van der Waals surface area contributed by atoms with E-state index >= 15 is 0 Å². The number of aromatic amines is 1. The van der Waals surface area contributed by atoms with Crippen LogP contribution in [0.1, 0.15) is 5.56 Å². The highest BCUT2D eigenvalue weighted by atomic mass is 15.3. The van der Waals surface area contributed by atoms with Gasteiger partial charge in [-0.05, 0) is 18.6 Å². The highest BCUT2D eigenvalue weighted by Gasteiger charge is 2.05. The number of aryl methyl sites for hydroxylation is 1. The van der Waals surface area contributed by atoms with Crippen LogP contribution < -0.4 is 5.73 Å². The molecule has 0 amide bonds. The van der Waals surface area contributed by atoms with Gasteiger partial charge >= 0.3 is 0 Å². The lowest BCUT2D eigenvalue weighted by Crippen LogP contribution is -1.87. The summed E-state index contributed by atoms with van der Waals surface area (Å²) in [4.78, 5) is 8.02.